The standard InChI is InChI=1S/C12H15N3O6/c1-7(2)11(6-16)13-12(17)8-3-9(14(18)19)5-10(4-8)15(20)21/h3-5,7,11,16H,6H2,1-2H3,(H,13,17)/t11-/m1/s1. The quantitative estimate of drug-likeness (QED) is 0.599. The molecule has 0 radical (unpaired) electrons. The lowest BCUT2D eigenvalue weighted by Crippen LogP contribution is -2.41. The van der Waals surface area contributed by atoms with Crippen molar-refractivity contribution in [2.75, 3.05) is 6.61 Å². The Balaban J connectivity index is 3.14. The smallest absolute Gasteiger partial charge is 0.277 e. The third-order valence-electron chi connectivity index (χ3n) is 2.90. The summed E-state index contributed by atoms with van der Waals surface area (Å²) >= 11 is 0. The molecule has 0 heterocycles. The van der Waals surface area contributed by atoms with Gasteiger partial charge in [-0.05, 0) is 5.92 Å². The zero-order valence-electron chi connectivity index (χ0n) is 11.5. The van der Waals surface area contributed by atoms with Crippen LogP contribution in [0.5, 0.6) is 0 Å². The molecule has 9 heteroatoms. The molecule has 2 N–H and O–H groups in total. The van der Waals surface area contributed by atoms with E-state index in [1.165, 1.54) is 0 Å². The number of carbonyl (C=O) groups is 1. The Hall–Kier alpha value is -2.55. The molecular formula is C12H15N3O6. The maximum absolute atomic E-state index is 12.0. The van der Waals surface area contributed by atoms with Gasteiger partial charge in [-0.25, -0.2) is 0 Å². The number of carbonyl (C=O) groups excluding carboxylic acids is 1. The second kappa shape index (κ2) is 6.75. The molecule has 0 saturated carbocycles. The van der Waals surface area contributed by atoms with Crippen LogP contribution in [0.25, 0.3) is 0 Å². The number of nitro groups is 2. The third kappa shape index (κ3) is 4.21. The first-order valence-corrected chi connectivity index (χ1v) is 6.11. The molecule has 0 unspecified atom stereocenters. The fourth-order valence-electron chi connectivity index (χ4n) is 1.61. The van der Waals surface area contributed by atoms with Crippen LogP contribution in [0.4, 0.5) is 11.4 Å². The van der Waals surface area contributed by atoms with Gasteiger partial charge in [0.25, 0.3) is 17.3 Å². The summed E-state index contributed by atoms with van der Waals surface area (Å²) in [6.45, 7) is 3.24. The predicted molar refractivity (Wildman–Crippen MR) is 72.9 cm³/mol. The number of benzene rings is 1. The Kier molecular flexibility index (Phi) is 5.30. The number of hydrogen-bond donors (Lipinski definition) is 2. The van der Waals surface area contributed by atoms with Crippen LogP contribution in [-0.4, -0.2) is 33.5 Å². The minimum Gasteiger partial charge on any atom is -0.394 e. The van der Waals surface area contributed by atoms with Gasteiger partial charge >= 0.3 is 0 Å². The van der Waals surface area contributed by atoms with E-state index in [1.807, 2.05) is 0 Å². The Morgan fingerprint density at radius 1 is 1.19 bits per heavy atom. The largest absolute Gasteiger partial charge is 0.394 e. The maximum atomic E-state index is 12.0. The van der Waals surface area contributed by atoms with E-state index in [0.717, 1.165) is 18.2 Å². The molecular weight excluding hydrogens is 282 g/mol. The Labute approximate surface area is 119 Å². The molecule has 0 aliphatic heterocycles. The highest BCUT2D eigenvalue weighted by atomic mass is 16.6. The first-order chi connectivity index (χ1) is 9.76. The van der Waals surface area contributed by atoms with E-state index in [0.29, 0.717) is 0 Å². The lowest BCUT2D eigenvalue weighted by atomic mass is 10.0. The van der Waals surface area contributed by atoms with Crippen molar-refractivity contribution in [3.8, 4) is 0 Å². The van der Waals surface area contributed by atoms with Gasteiger partial charge in [-0.3, -0.25) is 25.0 Å². The Bertz CT molecular complexity index is 540. The van der Waals surface area contributed by atoms with Crippen LogP contribution in [0.3, 0.4) is 0 Å². The fraction of sp³-hybridized carbons (Fsp3) is 0.417. The van der Waals surface area contributed by atoms with Crippen LogP contribution in [0.2, 0.25) is 0 Å². The van der Waals surface area contributed by atoms with Crippen molar-refractivity contribution in [1.29, 1.82) is 0 Å². The van der Waals surface area contributed by atoms with Gasteiger partial charge in [0.1, 0.15) is 0 Å². The van der Waals surface area contributed by atoms with Crippen molar-refractivity contribution in [2.45, 2.75) is 19.9 Å². The molecule has 21 heavy (non-hydrogen) atoms. The highest BCUT2D eigenvalue weighted by Crippen LogP contribution is 2.22. The summed E-state index contributed by atoms with van der Waals surface area (Å²) in [6.07, 6.45) is 0. The topological polar surface area (TPSA) is 136 Å². The van der Waals surface area contributed by atoms with Crippen LogP contribution in [0, 0.1) is 26.1 Å². The Morgan fingerprint density at radius 2 is 1.67 bits per heavy atom. The van der Waals surface area contributed by atoms with E-state index in [2.05, 4.69) is 5.32 Å². The van der Waals surface area contributed by atoms with Gasteiger partial charge < -0.3 is 10.4 Å². The number of nitro benzene ring substituents is 2. The third-order valence-corrected chi connectivity index (χ3v) is 2.90. The summed E-state index contributed by atoms with van der Waals surface area (Å²) in [5, 5.41) is 33.1. The molecule has 1 rings (SSSR count). The van der Waals surface area contributed by atoms with Gasteiger partial charge in [0.05, 0.1) is 34.1 Å². The number of hydrogen-bond acceptors (Lipinski definition) is 6. The van der Waals surface area contributed by atoms with E-state index in [1.54, 1.807) is 13.8 Å². The monoisotopic (exact) mass is 297 g/mol. The maximum Gasteiger partial charge on any atom is 0.277 e. The van der Waals surface area contributed by atoms with Crippen LogP contribution in [0.1, 0.15) is 24.2 Å². The summed E-state index contributed by atoms with van der Waals surface area (Å²) in [7, 11) is 0. The van der Waals surface area contributed by atoms with Crippen molar-refractivity contribution < 1.29 is 19.7 Å². The molecule has 0 spiro atoms. The van der Waals surface area contributed by atoms with E-state index in [-0.39, 0.29) is 18.1 Å². The van der Waals surface area contributed by atoms with E-state index in [9.17, 15) is 25.0 Å². The Morgan fingerprint density at radius 3 is 2.00 bits per heavy atom. The van der Waals surface area contributed by atoms with Crippen LogP contribution in [-0.2, 0) is 0 Å². The molecule has 9 nitrogen and oxygen atoms in total. The summed E-state index contributed by atoms with van der Waals surface area (Å²) in [5.41, 5.74) is -1.28. The normalized spacial score (nSPS) is 12.0. The number of aliphatic hydroxyl groups excluding tert-OH is 1. The molecule has 1 aromatic carbocycles. The summed E-state index contributed by atoms with van der Waals surface area (Å²) in [5.74, 6) is -0.776. The lowest BCUT2D eigenvalue weighted by molar-refractivity contribution is -0.394. The number of nitrogens with zero attached hydrogens (tertiary/aromatic N) is 2. The van der Waals surface area contributed by atoms with Crippen molar-refractivity contribution in [2.24, 2.45) is 5.92 Å². The SMILES string of the molecule is CC(C)[C@@H](CO)NC(=O)c1cc([N+](=O)[O-])cc([N+](=O)[O-])c1. The lowest BCUT2D eigenvalue weighted by Gasteiger charge is -2.19. The second-order valence-corrected chi connectivity index (χ2v) is 4.76. The molecule has 0 saturated heterocycles. The molecule has 1 aromatic rings. The highest BCUT2D eigenvalue weighted by Gasteiger charge is 2.22. The first-order valence-electron chi connectivity index (χ1n) is 6.11. The number of rotatable bonds is 6. The number of non-ortho nitro benzene ring substituents is 2. The molecule has 1 amide bonds. The van der Waals surface area contributed by atoms with Crippen LogP contribution < -0.4 is 5.32 Å². The van der Waals surface area contributed by atoms with Crippen LogP contribution in [0.15, 0.2) is 18.2 Å². The first kappa shape index (κ1) is 16.5. The minimum absolute atomic E-state index is 0.0624. The van der Waals surface area contributed by atoms with Gasteiger partial charge in [-0.1, -0.05) is 13.8 Å². The summed E-state index contributed by atoms with van der Waals surface area (Å²) in [6, 6.07) is 2.15. The van der Waals surface area contributed by atoms with Gasteiger partial charge in [-0.15, -0.1) is 0 Å². The van der Waals surface area contributed by atoms with Crippen molar-refractivity contribution in [3.05, 3.63) is 44.0 Å². The number of aliphatic hydroxyl groups is 1. The van der Waals surface area contributed by atoms with Gasteiger partial charge in [0, 0.05) is 12.1 Å². The molecule has 1 atom stereocenters. The molecule has 0 aliphatic carbocycles. The van der Waals surface area contributed by atoms with E-state index < -0.39 is 33.2 Å². The van der Waals surface area contributed by atoms with E-state index >= 15 is 0 Å². The zero-order valence-corrected chi connectivity index (χ0v) is 11.5. The van der Waals surface area contributed by atoms with Gasteiger partial charge in [-0.2, -0.15) is 0 Å². The second-order valence-electron chi connectivity index (χ2n) is 4.76. The van der Waals surface area contributed by atoms with Gasteiger partial charge in [0.15, 0.2) is 0 Å². The molecule has 0 aromatic heterocycles. The van der Waals surface area contributed by atoms with Crippen LogP contribution >= 0.6 is 0 Å². The molecule has 0 bridgehead atoms. The summed E-state index contributed by atoms with van der Waals surface area (Å²) < 4.78 is 0. The number of nitrogens with one attached hydrogen (secondary N) is 1. The average Bonchev–Trinajstić information content (AvgIpc) is 2.43. The van der Waals surface area contributed by atoms with Crippen molar-refractivity contribution in [1.82, 2.24) is 5.32 Å². The molecule has 0 fully saturated rings. The average molecular weight is 297 g/mol. The fourth-order valence-corrected chi connectivity index (χ4v) is 1.61. The molecule has 114 valence electrons. The minimum atomic E-state index is -0.810. The van der Waals surface area contributed by atoms with E-state index in [4.69, 9.17) is 5.11 Å². The van der Waals surface area contributed by atoms with Crippen molar-refractivity contribution >= 4 is 17.3 Å². The highest BCUT2D eigenvalue weighted by molar-refractivity contribution is 5.95. The summed E-state index contributed by atoms with van der Waals surface area (Å²) in [4.78, 5) is 31.9. The van der Waals surface area contributed by atoms with Crippen molar-refractivity contribution in [3.63, 3.8) is 0 Å². The van der Waals surface area contributed by atoms with Gasteiger partial charge in [0.2, 0.25) is 0 Å². The number of amides is 1. The molecule has 0 aliphatic rings. The predicted octanol–water partition coefficient (Wildman–Crippen LogP) is 1.25. The zero-order chi connectivity index (χ0) is 16.2.